The van der Waals surface area contributed by atoms with Crippen molar-refractivity contribution < 1.29 is 13.2 Å². The van der Waals surface area contributed by atoms with Gasteiger partial charge in [0, 0.05) is 19.7 Å². The van der Waals surface area contributed by atoms with E-state index in [4.69, 9.17) is 5.84 Å². The summed E-state index contributed by atoms with van der Waals surface area (Å²) in [6.07, 6.45) is -3.49. The summed E-state index contributed by atoms with van der Waals surface area (Å²) in [6, 6.07) is 1.08. The molecule has 0 aliphatic heterocycles. The smallest absolute Gasteiger partial charge is 0.275 e. The molecule has 86 valence electrons. The summed E-state index contributed by atoms with van der Waals surface area (Å²) in [5, 5.41) is 3.99. The Kier molecular flexibility index (Phi) is 3.70. The average Bonchev–Trinajstić information content (AvgIpc) is 2.51. The number of nitrogens with one attached hydrogen (secondary N) is 1. The minimum Gasteiger partial charge on any atom is -0.275 e. The number of nitrogens with zero attached hydrogens (tertiary/aromatic N) is 2. The lowest BCUT2D eigenvalue weighted by molar-refractivity contribution is -0.136. The second kappa shape index (κ2) is 4.63. The minimum absolute atomic E-state index is 0.114. The summed E-state index contributed by atoms with van der Waals surface area (Å²) in [7, 11) is 1.70. The Balaban J connectivity index is 2.57. The fraction of sp³-hybridized carbons (Fsp3) is 0.625. The molecule has 1 heterocycles. The first-order valence-corrected chi connectivity index (χ1v) is 4.45. The lowest BCUT2D eigenvalue weighted by Crippen LogP contribution is -2.29. The number of hydrazine groups is 1. The molecule has 0 saturated heterocycles. The SMILES string of the molecule is Cn1ccc(C(CCC(F)(F)F)NN)n1. The standard InChI is InChI=1S/C8H13F3N4/c1-15-5-3-7(14-15)6(13-12)2-4-8(9,10)11/h3,5-6,13H,2,4,12H2,1H3. The van der Waals surface area contributed by atoms with Gasteiger partial charge < -0.3 is 0 Å². The van der Waals surface area contributed by atoms with Gasteiger partial charge in [0.1, 0.15) is 0 Å². The summed E-state index contributed by atoms with van der Waals surface area (Å²) in [6.45, 7) is 0. The zero-order valence-corrected chi connectivity index (χ0v) is 8.25. The van der Waals surface area contributed by atoms with E-state index in [9.17, 15) is 13.2 Å². The number of aryl methyl sites for hydroxylation is 1. The quantitative estimate of drug-likeness (QED) is 0.595. The van der Waals surface area contributed by atoms with Crippen LogP contribution in [-0.2, 0) is 7.05 Å². The molecule has 0 aromatic carbocycles. The summed E-state index contributed by atoms with van der Waals surface area (Å²) >= 11 is 0. The molecule has 7 heteroatoms. The zero-order chi connectivity index (χ0) is 11.5. The van der Waals surface area contributed by atoms with Crippen LogP contribution in [-0.4, -0.2) is 16.0 Å². The van der Waals surface area contributed by atoms with Crippen LogP contribution in [0.2, 0.25) is 0 Å². The molecular formula is C8H13F3N4. The lowest BCUT2D eigenvalue weighted by Gasteiger charge is -2.14. The Bertz CT molecular complexity index is 307. The molecule has 0 bridgehead atoms. The average molecular weight is 222 g/mol. The molecule has 0 spiro atoms. The van der Waals surface area contributed by atoms with Crippen molar-refractivity contribution in [2.75, 3.05) is 0 Å². The predicted octanol–water partition coefficient (Wildman–Crippen LogP) is 1.27. The third-order valence-electron chi connectivity index (χ3n) is 2.01. The topological polar surface area (TPSA) is 55.9 Å². The number of aromatic nitrogens is 2. The number of hydrogen-bond acceptors (Lipinski definition) is 3. The molecule has 0 amide bonds. The predicted molar refractivity (Wildman–Crippen MR) is 48.6 cm³/mol. The molecule has 0 aliphatic carbocycles. The molecule has 3 N–H and O–H groups in total. The fourth-order valence-electron chi connectivity index (χ4n) is 1.24. The van der Waals surface area contributed by atoms with Gasteiger partial charge in [-0.1, -0.05) is 0 Å². The van der Waals surface area contributed by atoms with Crippen LogP contribution in [0.4, 0.5) is 13.2 Å². The number of halogens is 3. The molecular weight excluding hydrogens is 209 g/mol. The van der Waals surface area contributed by atoms with E-state index in [0.717, 1.165) is 0 Å². The van der Waals surface area contributed by atoms with Crippen molar-refractivity contribution in [3.8, 4) is 0 Å². The first-order chi connectivity index (χ1) is 6.92. The van der Waals surface area contributed by atoms with E-state index in [1.807, 2.05) is 0 Å². The Labute approximate surface area is 85.2 Å². The van der Waals surface area contributed by atoms with Crippen LogP contribution in [0.15, 0.2) is 12.3 Å². The monoisotopic (exact) mass is 222 g/mol. The molecule has 4 nitrogen and oxygen atoms in total. The van der Waals surface area contributed by atoms with E-state index in [1.54, 1.807) is 19.3 Å². The Hall–Kier alpha value is -1.08. The maximum Gasteiger partial charge on any atom is 0.389 e. The highest BCUT2D eigenvalue weighted by Crippen LogP contribution is 2.26. The van der Waals surface area contributed by atoms with Crippen LogP contribution in [0, 0.1) is 0 Å². The van der Waals surface area contributed by atoms with E-state index in [0.29, 0.717) is 5.69 Å². The third kappa shape index (κ3) is 3.88. The van der Waals surface area contributed by atoms with Gasteiger partial charge in [-0.2, -0.15) is 18.3 Å². The van der Waals surface area contributed by atoms with Gasteiger partial charge in [0.2, 0.25) is 0 Å². The molecule has 15 heavy (non-hydrogen) atoms. The van der Waals surface area contributed by atoms with Crippen LogP contribution in [0.25, 0.3) is 0 Å². The maximum atomic E-state index is 12.0. The highest BCUT2D eigenvalue weighted by atomic mass is 19.4. The van der Waals surface area contributed by atoms with Gasteiger partial charge in [0.05, 0.1) is 11.7 Å². The Morgan fingerprint density at radius 3 is 2.67 bits per heavy atom. The van der Waals surface area contributed by atoms with Crippen molar-refractivity contribution >= 4 is 0 Å². The zero-order valence-electron chi connectivity index (χ0n) is 8.25. The van der Waals surface area contributed by atoms with Crippen LogP contribution in [0.5, 0.6) is 0 Å². The largest absolute Gasteiger partial charge is 0.389 e. The van der Waals surface area contributed by atoms with Crippen LogP contribution in [0.3, 0.4) is 0 Å². The summed E-state index contributed by atoms with van der Waals surface area (Å²) in [5.74, 6) is 5.18. The van der Waals surface area contributed by atoms with Gasteiger partial charge in [-0.25, -0.2) is 0 Å². The van der Waals surface area contributed by atoms with Gasteiger partial charge in [-0.05, 0) is 12.5 Å². The van der Waals surface area contributed by atoms with Gasteiger partial charge in [-0.3, -0.25) is 16.0 Å². The molecule has 1 aromatic rings. The summed E-state index contributed by atoms with van der Waals surface area (Å²) < 4.78 is 37.5. The normalized spacial score (nSPS) is 14.2. The van der Waals surface area contributed by atoms with E-state index < -0.39 is 18.6 Å². The second-order valence-corrected chi connectivity index (χ2v) is 3.29. The molecule has 0 fully saturated rings. The summed E-state index contributed by atoms with van der Waals surface area (Å²) in [5.41, 5.74) is 2.85. The maximum absolute atomic E-state index is 12.0. The third-order valence-corrected chi connectivity index (χ3v) is 2.01. The van der Waals surface area contributed by atoms with Crippen molar-refractivity contribution in [2.45, 2.75) is 25.1 Å². The Morgan fingerprint density at radius 1 is 1.60 bits per heavy atom. The number of rotatable bonds is 4. The number of alkyl halides is 3. The molecule has 0 saturated carbocycles. The van der Waals surface area contributed by atoms with Crippen molar-refractivity contribution in [3.63, 3.8) is 0 Å². The van der Waals surface area contributed by atoms with E-state index in [2.05, 4.69) is 10.5 Å². The van der Waals surface area contributed by atoms with Crippen molar-refractivity contribution in [2.24, 2.45) is 12.9 Å². The van der Waals surface area contributed by atoms with Gasteiger partial charge in [-0.15, -0.1) is 0 Å². The first-order valence-electron chi connectivity index (χ1n) is 4.45. The minimum atomic E-state index is -4.16. The van der Waals surface area contributed by atoms with Crippen LogP contribution >= 0.6 is 0 Å². The fourth-order valence-corrected chi connectivity index (χ4v) is 1.24. The number of nitrogens with two attached hydrogens (primary N) is 1. The highest BCUT2D eigenvalue weighted by Gasteiger charge is 2.28. The molecule has 0 radical (unpaired) electrons. The van der Waals surface area contributed by atoms with Gasteiger partial charge in [0.15, 0.2) is 0 Å². The van der Waals surface area contributed by atoms with Gasteiger partial charge in [0.25, 0.3) is 0 Å². The molecule has 1 atom stereocenters. The molecule has 1 rings (SSSR count). The number of hydrogen-bond donors (Lipinski definition) is 2. The van der Waals surface area contributed by atoms with Crippen molar-refractivity contribution in [1.82, 2.24) is 15.2 Å². The van der Waals surface area contributed by atoms with E-state index in [1.165, 1.54) is 4.68 Å². The van der Waals surface area contributed by atoms with Crippen molar-refractivity contribution in [1.29, 1.82) is 0 Å². The molecule has 1 aromatic heterocycles. The lowest BCUT2D eigenvalue weighted by atomic mass is 10.1. The second-order valence-electron chi connectivity index (χ2n) is 3.29. The molecule has 0 aliphatic rings. The molecule has 1 unspecified atom stereocenters. The van der Waals surface area contributed by atoms with Crippen LogP contribution < -0.4 is 11.3 Å². The van der Waals surface area contributed by atoms with E-state index >= 15 is 0 Å². The van der Waals surface area contributed by atoms with E-state index in [-0.39, 0.29) is 6.42 Å². The van der Waals surface area contributed by atoms with Crippen molar-refractivity contribution in [3.05, 3.63) is 18.0 Å². The first kappa shape index (κ1) is 12.0. The summed E-state index contributed by atoms with van der Waals surface area (Å²) in [4.78, 5) is 0. The van der Waals surface area contributed by atoms with Crippen LogP contribution in [0.1, 0.15) is 24.6 Å². The highest BCUT2D eigenvalue weighted by molar-refractivity contribution is 5.04. The van der Waals surface area contributed by atoms with Gasteiger partial charge >= 0.3 is 6.18 Å². The Morgan fingerprint density at radius 2 is 2.27 bits per heavy atom.